The molecule has 7 nitrogen and oxygen atoms in total. The van der Waals surface area contributed by atoms with E-state index in [1.807, 2.05) is 35.8 Å². The molecule has 0 amide bonds. The smallest absolute Gasteiger partial charge is 0.192 e. The Balaban J connectivity index is 0.00000385. The van der Waals surface area contributed by atoms with Crippen molar-refractivity contribution in [2.24, 2.45) is 4.99 Å². The summed E-state index contributed by atoms with van der Waals surface area (Å²) in [7, 11) is 1.62. The Bertz CT molecular complexity index is 1040. The molecule has 0 aliphatic rings. The Hall–Kier alpha value is -2.76. The van der Waals surface area contributed by atoms with E-state index < -0.39 is 17.7 Å². The number of nitrogens with one attached hydrogen (secondary N) is 2. The van der Waals surface area contributed by atoms with E-state index in [1.54, 1.807) is 20.4 Å². The number of hydrogen-bond donors (Lipinski definition) is 2. The number of benzene rings is 2. The van der Waals surface area contributed by atoms with E-state index >= 15 is 0 Å². The van der Waals surface area contributed by atoms with Crippen molar-refractivity contribution in [3.05, 3.63) is 77.4 Å². The number of hydrogen-bond acceptors (Lipinski definition) is 4. The van der Waals surface area contributed by atoms with Crippen LogP contribution in [0.4, 0.5) is 8.78 Å². The van der Waals surface area contributed by atoms with Gasteiger partial charge in [-0.25, -0.2) is 13.8 Å². The topological polar surface area (TPSA) is 76.4 Å². The van der Waals surface area contributed by atoms with Crippen LogP contribution in [0, 0.1) is 11.6 Å². The predicted molar refractivity (Wildman–Crippen MR) is 135 cm³/mol. The summed E-state index contributed by atoms with van der Waals surface area (Å²) in [6, 6.07) is 10.8. The molecule has 0 spiro atoms. The van der Waals surface area contributed by atoms with E-state index in [0.717, 1.165) is 29.6 Å². The van der Waals surface area contributed by atoms with Gasteiger partial charge in [-0.1, -0.05) is 25.1 Å². The predicted octanol–water partition coefficient (Wildman–Crippen LogP) is 4.24. The number of guanidine groups is 1. The van der Waals surface area contributed by atoms with Gasteiger partial charge in [0, 0.05) is 31.1 Å². The molecule has 0 saturated heterocycles. The van der Waals surface area contributed by atoms with Gasteiger partial charge >= 0.3 is 0 Å². The van der Waals surface area contributed by atoms with Gasteiger partial charge in [0.15, 0.2) is 5.96 Å². The summed E-state index contributed by atoms with van der Waals surface area (Å²) < 4.78 is 34.7. The lowest BCUT2D eigenvalue weighted by atomic mass is 10.1. The molecule has 0 saturated carbocycles. The van der Waals surface area contributed by atoms with Crippen molar-refractivity contribution in [2.45, 2.75) is 39.4 Å². The summed E-state index contributed by atoms with van der Waals surface area (Å²) in [5.74, 6) is 0.985. The molecule has 10 heteroatoms. The summed E-state index contributed by atoms with van der Waals surface area (Å²) in [5.41, 5.74) is 1.36. The van der Waals surface area contributed by atoms with Crippen molar-refractivity contribution in [3.63, 3.8) is 0 Å². The fourth-order valence-corrected chi connectivity index (χ4v) is 3.22. The number of aromatic nitrogens is 3. The summed E-state index contributed by atoms with van der Waals surface area (Å²) in [6.07, 6.45) is 2.48. The second kappa shape index (κ2) is 13.1. The number of aryl methyl sites for hydroxylation is 1. The molecule has 0 fully saturated rings. The number of rotatable bonds is 9. The van der Waals surface area contributed by atoms with Crippen LogP contribution in [0.5, 0.6) is 5.75 Å². The monoisotopic (exact) mass is 570 g/mol. The maximum absolute atomic E-state index is 14.2. The Morgan fingerprint density at radius 1 is 1.18 bits per heavy atom. The van der Waals surface area contributed by atoms with Gasteiger partial charge in [0.2, 0.25) is 0 Å². The molecule has 0 bridgehead atoms. The van der Waals surface area contributed by atoms with Crippen LogP contribution >= 0.6 is 24.0 Å². The molecule has 0 aliphatic heterocycles. The zero-order chi connectivity index (χ0) is 22.9. The molecule has 178 valence electrons. The molecule has 0 radical (unpaired) electrons. The normalized spacial score (nSPS) is 12.1. The molecule has 1 atom stereocenters. The molecular weight excluding hydrogens is 541 g/mol. The van der Waals surface area contributed by atoms with Gasteiger partial charge in [-0.05, 0) is 30.7 Å². The van der Waals surface area contributed by atoms with Crippen LogP contribution in [0.25, 0.3) is 0 Å². The maximum atomic E-state index is 14.2. The summed E-state index contributed by atoms with van der Waals surface area (Å²) >= 11 is 0. The van der Waals surface area contributed by atoms with Crippen LogP contribution in [0.2, 0.25) is 0 Å². The number of aliphatic imine (C=N–C) groups is 1. The molecule has 3 aromatic rings. The second-order valence-electron chi connectivity index (χ2n) is 7.27. The Kier molecular flexibility index (Phi) is 10.5. The van der Waals surface area contributed by atoms with E-state index in [-0.39, 0.29) is 24.0 Å². The summed E-state index contributed by atoms with van der Waals surface area (Å²) in [5, 5.41) is 14.5. The Labute approximate surface area is 209 Å². The molecule has 3 rings (SSSR count). The SMILES string of the molecule is CCc1nncn1CCNC(=NCc1ccc(OC)cc1)NC(C)c1ccc(F)cc1F.I. The van der Waals surface area contributed by atoms with Gasteiger partial charge in [-0.3, -0.25) is 0 Å². The minimum atomic E-state index is -0.606. The minimum Gasteiger partial charge on any atom is -0.497 e. The van der Waals surface area contributed by atoms with Crippen molar-refractivity contribution in [1.29, 1.82) is 0 Å². The van der Waals surface area contributed by atoms with Gasteiger partial charge in [0.25, 0.3) is 0 Å². The highest BCUT2D eigenvalue weighted by Crippen LogP contribution is 2.18. The van der Waals surface area contributed by atoms with Crippen LogP contribution in [0.1, 0.15) is 36.8 Å². The lowest BCUT2D eigenvalue weighted by Crippen LogP contribution is -2.40. The lowest BCUT2D eigenvalue weighted by molar-refractivity contribution is 0.414. The highest BCUT2D eigenvalue weighted by Gasteiger charge is 2.13. The fourth-order valence-electron chi connectivity index (χ4n) is 3.22. The van der Waals surface area contributed by atoms with Crippen molar-refractivity contribution < 1.29 is 13.5 Å². The van der Waals surface area contributed by atoms with E-state index in [4.69, 9.17) is 4.74 Å². The van der Waals surface area contributed by atoms with Gasteiger partial charge in [-0.15, -0.1) is 34.2 Å². The maximum Gasteiger partial charge on any atom is 0.192 e. The third-order valence-electron chi connectivity index (χ3n) is 5.02. The van der Waals surface area contributed by atoms with Gasteiger partial charge in [0.05, 0.1) is 19.7 Å². The second-order valence-corrected chi connectivity index (χ2v) is 7.27. The van der Waals surface area contributed by atoms with E-state index in [2.05, 4.69) is 25.8 Å². The van der Waals surface area contributed by atoms with Crippen LogP contribution in [0.3, 0.4) is 0 Å². The molecule has 2 N–H and O–H groups in total. The van der Waals surface area contributed by atoms with Crippen LogP contribution in [-0.4, -0.2) is 34.4 Å². The first-order valence-electron chi connectivity index (χ1n) is 10.5. The van der Waals surface area contributed by atoms with Crippen LogP contribution < -0.4 is 15.4 Å². The van der Waals surface area contributed by atoms with Gasteiger partial charge < -0.3 is 19.9 Å². The molecule has 0 aliphatic carbocycles. The molecule has 33 heavy (non-hydrogen) atoms. The average molecular weight is 570 g/mol. The molecule has 1 unspecified atom stereocenters. The summed E-state index contributed by atoms with van der Waals surface area (Å²) in [6.45, 7) is 5.47. The first-order chi connectivity index (χ1) is 15.5. The van der Waals surface area contributed by atoms with Crippen LogP contribution in [0.15, 0.2) is 53.8 Å². The van der Waals surface area contributed by atoms with E-state index in [0.29, 0.717) is 31.2 Å². The average Bonchev–Trinajstić information content (AvgIpc) is 3.25. The minimum absolute atomic E-state index is 0. The van der Waals surface area contributed by atoms with Crippen molar-refractivity contribution >= 4 is 29.9 Å². The highest BCUT2D eigenvalue weighted by molar-refractivity contribution is 14.0. The quantitative estimate of drug-likeness (QED) is 0.229. The van der Waals surface area contributed by atoms with Crippen molar-refractivity contribution in [3.8, 4) is 5.75 Å². The first-order valence-corrected chi connectivity index (χ1v) is 10.5. The van der Waals surface area contributed by atoms with E-state index in [1.165, 1.54) is 12.1 Å². The third-order valence-corrected chi connectivity index (χ3v) is 5.02. The zero-order valence-corrected chi connectivity index (χ0v) is 21.2. The Morgan fingerprint density at radius 2 is 1.94 bits per heavy atom. The number of methoxy groups -OCH3 is 1. The van der Waals surface area contributed by atoms with Crippen LogP contribution in [-0.2, 0) is 19.5 Å². The van der Waals surface area contributed by atoms with E-state index in [9.17, 15) is 8.78 Å². The molecular formula is C23H29F2IN6O. The zero-order valence-electron chi connectivity index (χ0n) is 18.9. The largest absolute Gasteiger partial charge is 0.497 e. The lowest BCUT2D eigenvalue weighted by Gasteiger charge is -2.19. The number of nitrogens with zero attached hydrogens (tertiary/aromatic N) is 4. The van der Waals surface area contributed by atoms with Gasteiger partial charge in [0.1, 0.15) is 29.5 Å². The molecule has 1 heterocycles. The van der Waals surface area contributed by atoms with Gasteiger partial charge in [-0.2, -0.15) is 0 Å². The molecule has 1 aromatic heterocycles. The standard InChI is InChI=1S/C23H28F2N6O.HI/c1-4-22-30-28-15-31(22)12-11-26-23(27-14-17-5-8-19(32-3)9-6-17)29-16(2)20-10-7-18(24)13-21(20)25;/h5-10,13,15-16H,4,11-12,14H2,1-3H3,(H2,26,27,29);1H. The first kappa shape index (κ1) is 26.5. The number of halogens is 3. The third kappa shape index (κ3) is 7.65. The Morgan fingerprint density at radius 3 is 2.61 bits per heavy atom. The highest BCUT2D eigenvalue weighted by atomic mass is 127. The summed E-state index contributed by atoms with van der Waals surface area (Å²) in [4.78, 5) is 4.64. The van der Waals surface area contributed by atoms with Crippen molar-refractivity contribution in [2.75, 3.05) is 13.7 Å². The van der Waals surface area contributed by atoms with Crippen molar-refractivity contribution in [1.82, 2.24) is 25.4 Å². The number of ether oxygens (including phenoxy) is 1. The fraction of sp³-hybridized carbons (Fsp3) is 0.348. The molecule has 2 aromatic carbocycles.